The van der Waals surface area contributed by atoms with Gasteiger partial charge in [0.25, 0.3) is 5.91 Å². The summed E-state index contributed by atoms with van der Waals surface area (Å²) < 4.78 is 0. The molecule has 2 aromatic carbocycles. The molecule has 0 unspecified atom stereocenters. The van der Waals surface area contributed by atoms with Crippen LogP contribution >= 0.6 is 23.2 Å². The number of rotatable bonds is 2. The molecule has 0 spiro atoms. The summed E-state index contributed by atoms with van der Waals surface area (Å²) >= 11 is 12.0. The predicted octanol–water partition coefficient (Wildman–Crippen LogP) is 3.89. The third-order valence-corrected chi connectivity index (χ3v) is 4.13. The number of halogens is 2. The van der Waals surface area contributed by atoms with Gasteiger partial charge in [-0.15, -0.1) is 0 Å². The van der Waals surface area contributed by atoms with E-state index in [-0.39, 0.29) is 5.91 Å². The highest BCUT2D eigenvalue weighted by atomic mass is 35.5. The van der Waals surface area contributed by atoms with E-state index in [4.69, 9.17) is 23.2 Å². The number of hydrogen-bond donors (Lipinski definition) is 2. The molecule has 0 saturated carbocycles. The van der Waals surface area contributed by atoms with Crippen LogP contribution in [0.4, 0.5) is 5.69 Å². The van der Waals surface area contributed by atoms with E-state index in [0.29, 0.717) is 15.6 Å². The summed E-state index contributed by atoms with van der Waals surface area (Å²) in [4.78, 5) is 12.4. The normalized spacial score (nSPS) is 13.6. The Labute approximate surface area is 133 Å². The zero-order valence-corrected chi connectivity index (χ0v) is 12.8. The molecule has 0 aromatic heterocycles. The average molecular weight is 321 g/mol. The second kappa shape index (κ2) is 6.06. The van der Waals surface area contributed by atoms with Gasteiger partial charge < -0.3 is 10.6 Å². The van der Waals surface area contributed by atoms with Crippen LogP contribution < -0.4 is 10.6 Å². The predicted molar refractivity (Wildman–Crippen MR) is 86.3 cm³/mol. The van der Waals surface area contributed by atoms with Crippen molar-refractivity contribution in [2.45, 2.75) is 13.0 Å². The van der Waals surface area contributed by atoms with Crippen LogP contribution in [0.25, 0.3) is 0 Å². The van der Waals surface area contributed by atoms with Crippen LogP contribution in [-0.2, 0) is 13.0 Å². The fourth-order valence-electron chi connectivity index (χ4n) is 2.49. The molecule has 21 heavy (non-hydrogen) atoms. The van der Waals surface area contributed by atoms with E-state index in [0.717, 1.165) is 30.8 Å². The van der Waals surface area contributed by atoms with E-state index >= 15 is 0 Å². The number of benzene rings is 2. The molecule has 0 saturated heterocycles. The Morgan fingerprint density at radius 2 is 2.05 bits per heavy atom. The van der Waals surface area contributed by atoms with E-state index < -0.39 is 0 Å². The van der Waals surface area contributed by atoms with Crippen molar-refractivity contribution in [3.63, 3.8) is 0 Å². The maximum absolute atomic E-state index is 12.4. The molecule has 108 valence electrons. The van der Waals surface area contributed by atoms with E-state index in [1.54, 1.807) is 18.2 Å². The van der Waals surface area contributed by atoms with Crippen molar-refractivity contribution in [2.24, 2.45) is 0 Å². The molecule has 2 N–H and O–H groups in total. The number of fused-ring (bicyclic) bond motifs is 1. The Hall–Kier alpha value is -1.55. The highest BCUT2D eigenvalue weighted by Gasteiger charge is 2.16. The number of amides is 1. The third kappa shape index (κ3) is 3.05. The smallest absolute Gasteiger partial charge is 0.257 e. The fraction of sp³-hybridized carbons (Fsp3) is 0.188. The van der Waals surface area contributed by atoms with E-state index in [2.05, 4.69) is 16.7 Å². The Bertz CT molecular complexity index is 701. The Morgan fingerprint density at radius 1 is 1.19 bits per heavy atom. The highest BCUT2D eigenvalue weighted by Crippen LogP contribution is 2.25. The van der Waals surface area contributed by atoms with Crippen LogP contribution in [0.15, 0.2) is 36.4 Å². The van der Waals surface area contributed by atoms with E-state index in [1.165, 1.54) is 5.56 Å². The van der Waals surface area contributed by atoms with Crippen molar-refractivity contribution in [3.05, 3.63) is 63.1 Å². The van der Waals surface area contributed by atoms with Crippen LogP contribution in [0, 0.1) is 0 Å². The third-order valence-electron chi connectivity index (χ3n) is 3.57. The molecule has 1 heterocycles. The Morgan fingerprint density at radius 3 is 2.90 bits per heavy atom. The van der Waals surface area contributed by atoms with Crippen LogP contribution in [-0.4, -0.2) is 12.5 Å². The van der Waals surface area contributed by atoms with Crippen molar-refractivity contribution >= 4 is 34.8 Å². The lowest BCUT2D eigenvalue weighted by atomic mass is 9.99. The molecule has 0 radical (unpaired) electrons. The molecule has 3 nitrogen and oxygen atoms in total. The Kier molecular flexibility index (Phi) is 4.15. The summed E-state index contributed by atoms with van der Waals surface area (Å²) in [5.74, 6) is -0.249. The van der Waals surface area contributed by atoms with Crippen LogP contribution in [0.2, 0.25) is 10.0 Å². The molecule has 0 atom stereocenters. The van der Waals surface area contributed by atoms with Crippen molar-refractivity contribution in [3.8, 4) is 0 Å². The van der Waals surface area contributed by atoms with Gasteiger partial charge >= 0.3 is 0 Å². The van der Waals surface area contributed by atoms with Gasteiger partial charge in [-0.2, -0.15) is 0 Å². The maximum Gasteiger partial charge on any atom is 0.257 e. The van der Waals surface area contributed by atoms with E-state index in [1.807, 2.05) is 12.1 Å². The first-order chi connectivity index (χ1) is 10.1. The molecule has 1 aliphatic rings. The van der Waals surface area contributed by atoms with Crippen molar-refractivity contribution in [1.29, 1.82) is 0 Å². The lowest BCUT2D eigenvalue weighted by Crippen LogP contribution is -2.25. The van der Waals surface area contributed by atoms with Crippen LogP contribution in [0.1, 0.15) is 21.5 Å². The molecule has 0 aliphatic carbocycles. The minimum Gasteiger partial charge on any atom is -0.322 e. The largest absolute Gasteiger partial charge is 0.322 e. The van der Waals surface area contributed by atoms with Gasteiger partial charge in [-0.25, -0.2) is 0 Å². The van der Waals surface area contributed by atoms with Crippen molar-refractivity contribution in [1.82, 2.24) is 5.32 Å². The quantitative estimate of drug-likeness (QED) is 0.881. The lowest BCUT2D eigenvalue weighted by molar-refractivity contribution is 0.102. The van der Waals surface area contributed by atoms with Gasteiger partial charge in [0.15, 0.2) is 0 Å². The summed E-state index contributed by atoms with van der Waals surface area (Å²) in [6.45, 7) is 1.72. The molecule has 3 rings (SSSR count). The number of anilines is 1. The molecular formula is C16H14Cl2N2O. The maximum atomic E-state index is 12.4. The van der Waals surface area contributed by atoms with Gasteiger partial charge in [-0.1, -0.05) is 35.3 Å². The highest BCUT2D eigenvalue weighted by molar-refractivity contribution is 6.36. The van der Waals surface area contributed by atoms with Gasteiger partial charge in [-0.3, -0.25) is 4.79 Å². The molecule has 0 bridgehead atoms. The zero-order valence-electron chi connectivity index (χ0n) is 11.2. The van der Waals surface area contributed by atoms with Gasteiger partial charge in [0.05, 0.1) is 10.6 Å². The summed E-state index contributed by atoms with van der Waals surface area (Å²) in [6, 6.07) is 10.8. The zero-order chi connectivity index (χ0) is 14.8. The summed E-state index contributed by atoms with van der Waals surface area (Å²) in [5.41, 5.74) is 3.60. The number of carbonyl (C=O) groups is 1. The first-order valence-corrected chi connectivity index (χ1v) is 7.48. The number of hydrogen-bond acceptors (Lipinski definition) is 2. The molecule has 0 fully saturated rings. The summed E-state index contributed by atoms with van der Waals surface area (Å²) in [7, 11) is 0. The molecular weight excluding hydrogens is 307 g/mol. The monoisotopic (exact) mass is 320 g/mol. The second-order valence-corrected chi connectivity index (χ2v) is 5.79. The van der Waals surface area contributed by atoms with Gasteiger partial charge in [0.1, 0.15) is 0 Å². The van der Waals surface area contributed by atoms with E-state index in [9.17, 15) is 4.79 Å². The lowest BCUT2D eigenvalue weighted by Gasteiger charge is -2.20. The summed E-state index contributed by atoms with van der Waals surface area (Å²) in [5, 5.41) is 7.12. The minimum atomic E-state index is -0.249. The van der Waals surface area contributed by atoms with Crippen LogP contribution in [0.3, 0.4) is 0 Å². The first kappa shape index (κ1) is 14.4. The topological polar surface area (TPSA) is 41.1 Å². The van der Waals surface area contributed by atoms with Crippen LogP contribution in [0.5, 0.6) is 0 Å². The summed E-state index contributed by atoms with van der Waals surface area (Å²) in [6.07, 6.45) is 0.969. The molecule has 5 heteroatoms. The van der Waals surface area contributed by atoms with Gasteiger partial charge in [-0.05, 0) is 48.4 Å². The number of carbonyl (C=O) groups excluding carboxylic acids is 1. The first-order valence-electron chi connectivity index (χ1n) is 6.73. The van der Waals surface area contributed by atoms with Gasteiger partial charge in [0.2, 0.25) is 0 Å². The molecule has 2 aromatic rings. The average Bonchev–Trinajstić information content (AvgIpc) is 2.50. The SMILES string of the molecule is O=C(Nc1cccc2c1CNCC2)c1cc(Cl)ccc1Cl. The second-order valence-electron chi connectivity index (χ2n) is 4.95. The Balaban J connectivity index is 1.90. The number of nitrogens with one attached hydrogen (secondary N) is 2. The molecule has 1 aliphatic heterocycles. The fourth-order valence-corrected chi connectivity index (χ4v) is 2.87. The van der Waals surface area contributed by atoms with Crippen molar-refractivity contribution < 1.29 is 4.79 Å². The van der Waals surface area contributed by atoms with Gasteiger partial charge in [0, 0.05) is 17.3 Å². The molecule has 1 amide bonds. The van der Waals surface area contributed by atoms with Crippen molar-refractivity contribution in [2.75, 3.05) is 11.9 Å². The minimum absolute atomic E-state index is 0.249. The standard InChI is InChI=1S/C16H14Cl2N2O/c17-11-4-5-14(18)12(8-11)16(21)20-15-3-1-2-10-6-7-19-9-13(10)15/h1-5,8,19H,6-7,9H2,(H,20,21).